The van der Waals surface area contributed by atoms with Crippen LogP contribution in [0.5, 0.6) is 0 Å². The van der Waals surface area contributed by atoms with Gasteiger partial charge in [0.1, 0.15) is 5.69 Å². The summed E-state index contributed by atoms with van der Waals surface area (Å²) >= 11 is 0. The van der Waals surface area contributed by atoms with Crippen molar-refractivity contribution in [2.75, 3.05) is 6.54 Å². The summed E-state index contributed by atoms with van der Waals surface area (Å²) in [6.07, 6.45) is 1.20. The SMILES string of the molecule is CCC(C)N(O)C(=O)c1ccc2c(n1)CCN(C(N)=O)C2. The van der Waals surface area contributed by atoms with Gasteiger partial charge >= 0.3 is 6.03 Å². The van der Waals surface area contributed by atoms with Crippen LogP contribution in [0.4, 0.5) is 4.79 Å². The maximum absolute atomic E-state index is 12.1. The Morgan fingerprint density at radius 2 is 2.24 bits per heavy atom. The number of pyridine rings is 1. The van der Waals surface area contributed by atoms with Crippen LogP contribution < -0.4 is 5.73 Å². The summed E-state index contributed by atoms with van der Waals surface area (Å²) in [5, 5.41) is 10.5. The van der Waals surface area contributed by atoms with Gasteiger partial charge in [-0.15, -0.1) is 0 Å². The van der Waals surface area contributed by atoms with E-state index in [1.807, 2.05) is 6.92 Å². The van der Waals surface area contributed by atoms with Crippen LogP contribution in [0.2, 0.25) is 0 Å². The summed E-state index contributed by atoms with van der Waals surface area (Å²) < 4.78 is 0. The van der Waals surface area contributed by atoms with Crippen molar-refractivity contribution in [2.45, 2.75) is 39.3 Å². The minimum atomic E-state index is -0.510. The standard InChI is InChI=1S/C14H20N4O3/c1-3-9(2)18(21)13(19)12-5-4-10-8-17(14(15)20)7-6-11(10)16-12/h4-5,9,21H,3,6-8H2,1-2H3,(H2,15,20). The van der Waals surface area contributed by atoms with Crippen LogP contribution in [0.25, 0.3) is 0 Å². The van der Waals surface area contributed by atoms with Crippen LogP contribution in [0.15, 0.2) is 12.1 Å². The molecule has 0 saturated heterocycles. The van der Waals surface area contributed by atoms with E-state index in [1.165, 1.54) is 4.90 Å². The number of amides is 3. The minimum absolute atomic E-state index is 0.212. The summed E-state index contributed by atoms with van der Waals surface area (Å²) in [6, 6.07) is 2.60. The number of urea groups is 1. The number of hydroxylamine groups is 2. The lowest BCUT2D eigenvalue weighted by Gasteiger charge is -2.27. The van der Waals surface area contributed by atoms with Crippen molar-refractivity contribution in [3.8, 4) is 0 Å². The Kier molecular flexibility index (Phi) is 4.42. The molecule has 114 valence electrons. The Bertz CT molecular complexity index is 561. The lowest BCUT2D eigenvalue weighted by Crippen LogP contribution is -2.40. The average molecular weight is 292 g/mol. The first-order valence-electron chi connectivity index (χ1n) is 6.99. The van der Waals surface area contributed by atoms with Gasteiger partial charge in [0.2, 0.25) is 0 Å². The first kappa shape index (κ1) is 15.2. The zero-order valence-electron chi connectivity index (χ0n) is 12.2. The highest BCUT2D eigenvalue weighted by Gasteiger charge is 2.24. The highest BCUT2D eigenvalue weighted by Crippen LogP contribution is 2.18. The van der Waals surface area contributed by atoms with Crippen LogP contribution in [-0.2, 0) is 13.0 Å². The molecule has 1 aliphatic heterocycles. The van der Waals surface area contributed by atoms with Crippen molar-refractivity contribution in [3.63, 3.8) is 0 Å². The fraction of sp³-hybridized carbons (Fsp3) is 0.500. The molecule has 2 rings (SSSR count). The average Bonchev–Trinajstić information content (AvgIpc) is 2.51. The highest BCUT2D eigenvalue weighted by atomic mass is 16.5. The third kappa shape index (κ3) is 3.13. The molecule has 1 aromatic heterocycles. The summed E-state index contributed by atoms with van der Waals surface area (Å²) in [5.74, 6) is -0.510. The van der Waals surface area contributed by atoms with Gasteiger partial charge < -0.3 is 10.6 Å². The van der Waals surface area contributed by atoms with E-state index in [-0.39, 0.29) is 11.7 Å². The first-order chi connectivity index (χ1) is 9.93. The van der Waals surface area contributed by atoms with Crippen LogP contribution in [0, 0.1) is 0 Å². The lowest BCUT2D eigenvalue weighted by molar-refractivity contribution is -0.0850. The molecule has 0 aromatic carbocycles. The predicted molar refractivity (Wildman–Crippen MR) is 75.6 cm³/mol. The minimum Gasteiger partial charge on any atom is -0.351 e. The molecule has 0 fully saturated rings. The number of aromatic nitrogens is 1. The van der Waals surface area contributed by atoms with Gasteiger partial charge in [-0.2, -0.15) is 0 Å². The predicted octanol–water partition coefficient (Wildman–Crippen LogP) is 1.15. The number of hydrogen-bond donors (Lipinski definition) is 2. The van der Waals surface area contributed by atoms with Crippen LogP contribution in [0.3, 0.4) is 0 Å². The fourth-order valence-corrected chi connectivity index (χ4v) is 2.21. The molecule has 1 unspecified atom stereocenters. The molecular weight excluding hydrogens is 272 g/mol. The monoisotopic (exact) mass is 292 g/mol. The van der Waals surface area contributed by atoms with Gasteiger partial charge in [0.05, 0.1) is 6.04 Å². The van der Waals surface area contributed by atoms with Gasteiger partial charge in [0.25, 0.3) is 5.91 Å². The molecule has 1 atom stereocenters. The largest absolute Gasteiger partial charge is 0.351 e. The second kappa shape index (κ2) is 6.09. The molecule has 0 aliphatic carbocycles. The molecule has 1 aromatic rings. The van der Waals surface area contributed by atoms with E-state index in [9.17, 15) is 14.8 Å². The lowest BCUT2D eigenvalue weighted by atomic mass is 10.1. The Hall–Kier alpha value is -2.15. The molecule has 21 heavy (non-hydrogen) atoms. The van der Waals surface area contributed by atoms with E-state index in [4.69, 9.17) is 5.73 Å². The van der Waals surface area contributed by atoms with Gasteiger partial charge in [-0.05, 0) is 25.0 Å². The van der Waals surface area contributed by atoms with Crippen molar-refractivity contribution < 1.29 is 14.8 Å². The third-order valence-corrected chi connectivity index (χ3v) is 3.80. The first-order valence-corrected chi connectivity index (χ1v) is 6.99. The summed E-state index contributed by atoms with van der Waals surface area (Å²) in [6.45, 7) is 4.54. The van der Waals surface area contributed by atoms with Gasteiger partial charge in [0, 0.05) is 25.2 Å². The van der Waals surface area contributed by atoms with Crippen molar-refractivity contribution in [2.24, 2.45) is 5.73 Å². The molecule has 0 radical (unpaired) electrons. The maximum Gasteiger partial charge on any atom is 0.315 e. The van der Waals surface area contributed by atoms with E-state index < -0.39 is 11.9 Å². The van der Waals surface area contributed by atoms with Crippen LogP contribution in [-0.4, -0.2) is 44.7 Å². The van der Waals surface area contributed by atoms with E-state index in [0.29, 0.717) is 31.0 Å². The molecule has 0 spiro atoms. The number of carbonyl (C=O) groups excluding carboxylic acids is 2. The number of carbonyl (C=O) groups is 2. The van der Waals surface area contributed by atoms with Gasteiger partial charge in [0.15, 0.2) is 0 Å². The Morgan fingerprint density at radius 3 is 2.86 bits per heavy atom. The summed E-state index contributed by atoms with van der Waals surface area (Å²) in [7, 11) is 0. The molecule has 3 amide bonds. The fourth-order valence-electron chi connectivity index (χ4n) is 2.21. The van der Waals surface area contributed by atoms with E-state index in [0.717, 1.165) is 11.3 Å². The zero-order chi connectivity index (χ0) is 15.6. The Balaban J connectivity index is 2.19. The quantitative estimate of drug-likeness (QED) is 0.644. The molecule has 7 nitrogen and oxygen atoms in total. The number of nitrogens with zero attached hydrogens (tertiary/aromatic N) is 3. The molecule has 3 N–H and O–H groups in total. The van der Waals surface area contributed by atoms with E-state index in [2.05, 4.69) is 4.98 Å². The third-order valence-electron chi connectivity index (χ3n) is 3.80. The molecule has 2 heterocycles. The topological polar surface area (TPSA) is 99.8 Å². The van der Waals surface area contributed by atoms with E-state index in [1.54, 1.807) is 19.1 Å². The Morgan fingerprint density at radius 1 is 1.52 bits per heavy atom. The molecule has 7 heteroatoms. The smallest absolute Gasteiger partial charge is 0.315 e. The van der Waals surface area contributed by atoms with Gasteiger partial charge in [-0.3, -0.25) is 10.0 Å². The number of nitrogens with two attached hydrogens (primary N) is 1. The van der Waals surface area contributed by atoms with Crippen molar-refractivity contribution in [1.82, 2.24) is 14.9 Å². The van der Waals surface area contributed by atoms with Crippen molar-refractivity contribution in [1.29, 1.82) is 0 Å². The maximum atomic E-state index is 12.1. The second-order valence-electron chi connectivity index (χ2n) is 5.22. The Labute approximate surface area is 123 Å². The summed E-state index contributed by atoms with van der Waals surface area (Å²) in [4.78, 5) is 29.1. The molecule has 0 bridgehead atoms. The zero-order valence-corrected chi connectivity index (χ0v) is 12.2. The van der Waals surface area contributed by atoms with E-state index >= 15 is 0 Å². The van der Waals surface area contributed by atoms with Gasteiger partial charge in [-0.25, -0.2) is 14.8 Å². The van der Waals surface area contributed by atoms with Crippen LogP contribution in [0.1, 0.15) is 42.0 Å². The number of primary amides is 1. The molecule has 1 aliphatic rings. The number of fused-ring (bicyclic) bond motifs is 1. The molecule has 0 saturated carbocycles. The second-order valence-corrected chi connectivity index (χ2v) is 5.22. The van der Waals surface area contributed by atoms with Crippen molar-refractivity contribution >= 4 is 11.9 Å². The summed E-state index contributed by atoms with van der Waals surface area (Å²) in [5.41, 5.74) is 7.13. The number of rotatable bonds is 3. The van der Waals surface area contributed by atoms with Crippen LogP contribution >= 0.6 is 0 Å². The normalized spacial score (nSPS) is 15.3. The van der Waals surface area contributed by atoms with Gasteiger partial charge in [-0.1, -0.05) is 13.0 Å². The molecular formula is C14H20N4O3. The highest BCUT2D eigenvalue weighted by molar-refractivity contribution is 5.91. The van der Waals surface area contributed by atoms with Crippen molar-refractivity contribution in [3.05, 3.63) is 29.1 Å². The number of hydrogen-bond acceptors (Lipinski definition) is 4.